The van der Waals surface area contributed by atoms with Gasteiger partial charge in [0, 0.05) is 22.7 Å². The maximum Gasteiger partial charge on any atom is 0.147 e. The van der Waals surface area contributed by atoms with E-state index in [4.69, 9.17) is 28.9 Å². The molecule has 0 saturated carbocycles. The van der Waals surface area contributed by atoms with Gasteiger partial charge in [0.15, 0.2) is 0 Å². The fraction of sp³-hybridized carbons (Fsp3) is 0.267. The van der Waals surface area contributed by atoms with E-state index in [2.05, 4.69) is 27.9 Å². The van der Waals surface area contributed by atoms with Crippen LogP contribution in [0, 0.1) is 0 Å². The van der Waals surface area contributed by atoms with E-state index in [1.54, 1.807) is 28.4 Å². The summed E-state index contributed by atoms with van der Waals surface area (Å²) in [7, 11) is 6.77. The topological polar surface area (TPSA) is 83.4 Å². The Labute approximate surface area is 219 Å². The van der Waals surface area contributed by atoms with Crippen LogP contribution in [0.15, 0.2) is 48.8 Å². The average Bonchev–Trinajstić information content (AvgIpc) is 3.56. The Morgan fingerprint density at radius 3 is 2.34 bits per heavy atom. The third-order valence-corrected chi connectivity index (χ3v) is 7.86. The minimum Gasteiger partial charge on any atom is -0.495 e. The molecule has 1 N–H and O–H groups in total. The SMILES string of the molecule is COc1cn2c(c3nc4c(OC)cccc4c1-3)CCCC2c1ncc(OC)c2c1[nH]c1c(OC)cccc12. The fourth-order valence-electron chi connectivity index (χ4n) is 6.17. The molecular formula is C30H28N4O4. The lowest BCUT2D eigenvalue weighted by atomic mass is 9.93. The monoisotopic (exact) mass is 508 g/mol. The molecule has 8 heteroatoms. The number of aromatic amines is 1. The van der Waals surface area contributed by atoms with E-state index in [-0.39, 0.29) is 6.04 Å². The number of nitrogens with zero attached hydrogens (tertiary/aromatic N) is 3. The quantitative estimate of drug-likeness (QED) is 0.302. The van der Waals surface area contributed by atoms with Gasteiger partial charge in [0.25, 0.3) is 0 Å². The molecule has 0 saturated heterocycles. The first-order chi connectivity index (χ1) is 18.7. The van der Waals surface area contributed by atoms with Crippen LogP contribution in [-0.4, -0.2) is 48.0 Å². The predicted octanol–water partition coefficient (Wildman–Crippen LogP) is 6.13. The molecule has 0 fully saturated rings. The third-order valence-electron chi connectivity index (χ3n) is 7.86. The zero-order valence-electron chi connectivity index (χ0n) is 21.8. The molecule has 192 valence electrons. The molecule has 0 aliphatic carbocycles. The molecule has 0 amide bonds. The zero-order chi connectivity index (χ0) is 26.0. The highest BCUT2D eigenvalue weighted by atomic mass is 16.5. The molecule has 2 aromatic heterocycles. The minimum absolute atomic E-state index is 0.00813. The predicted molar refractivity (Wildman–Crippen MR) is 147 cm³/mol. The Balaban J connectivity index is 1.52. The normalized spacial score (nSPS) is 15.3. The van der Waals surface area contributed by atoms with Crippen LogP contribution in [0.4, 0.5) is 0 Å². The van der Waals surface area contributed by atoms with E-state index in [0.717, 1.165) is 91.9 Å². The largest absolute Gasteiger partial charge is 0.495 e. The van der Waals surface area contributed by atoms with Crippen molar-refractivity contribution in [2.75, 3.05) is 28.4 Å². The molecule has 38 heavy (non-hydrogen) atoms. The van der Waals surface area contributed by atoms with Crippen molar-refractivity contribution in [2.24, 2.45) is 0 Å². The van der Waals surface area contributed by atoms with E-state index < -0.39 is 0 Å². The van der Waals surface area contributed by atoms with E-state index in [9.17, 15) is 0 Å². The Hall–Kier alpha value is -4.46. The Bertz CT molecular complexity index is 1820. The number of methoxy groups -OCH3 is 4. The molecule has 3 aliphatic rings. The molecule has 2 aromatic carbocycles. The molecular weight excluding hydrogens is 480 g/mol. The number of aromatic nitrogens is 4. The van der Waals surface area contributed by atoms with Gasteiger partial charge in [0.05, 0.1) is 74.0 Å². The number of fused-ring (bicyclic) bond motifs is 8. The summed E-state index contributed by atoms with van der Waals surface area (Å²) in [5, 5.41) is 3.09. The smallest absolute Gasteiger partial charge is 0.147 e. The first kappa shape index (κ1) is 22.7. The highest BCUT2D eigenvalue weighted by molar-refractivity contribution is 6.12. The van der Waals surface area contributed by atoms with Gasteiger partial charge in [-0.1, -0.05) is 24.3 Å². The van der Waals surface area contributed by atoms with Crippen LogP contribution in [0.5, 0.6) is 23.0 Å². The standard InChI is InChI=1S/C30H28N4O4/c1-35-20-12-6-9-17-25-23(38-4)15-34-18(28(25)32-26(17)20)10-7-11-19(34)29-30-24(22(37-3)14-31-29)16-8-5-13-21(36-2)27(16)33-30/h5-6,8-9,12-15,19,33H,7,10-11H2,1-4H3. The lowest BCUT2D eigenvalue weighted by Crippen LogP contribution is -2.23. The number of benzene rings is 2. The van der Waals surface area contributed by atoms with E-state index >= 15 is 0 Å². The maximum absolute atomic E-state index is 5.95. The summed E-state index contributed by atoms with van der Waals surface area (Å²) >= 11 is 0. The molecule has 4 aromatic rings. The van der Waals surface area contributed by atoms with Gasteiger partial charge in [-0.05, 0) is 31.4 Å². The van der Waals surface area contributed by atoms with Crippen LogP contribution in [-0.2, 0) is 6.42 Å². The summed E-state index contributed by atoms with van der Waals surface area (Å²) in [6, 6.07) is 12.1. The first-order valence-electron chi connectivity index (χ1n) is 12.7. The molecule has 0 radical (unpaired) electrons. The highest BCUT2D eigenvalue weighted by Gasteiger charge is 2.32. The second-order valence-electron chi connectivity index (χ2n) is 9.62. The van der Waals surface area contributed by atoms with Crippen LogP contribution >= 0.6 is 0 Å². The number of ether oxygens (including phenoxy) is 4. The number of pyridine rings is 2. The van der Waals surface area contributed by atoms with Gasteiger partial charge in [0.1, 0.15) is 28.5 Å². The summed E-state index contributed by atoms with van der Waals surface area (Å²) in [5.41, 5.74) is 6.85. The third kappa shape index (κ3) is 3.03. The molecule has 0 bridgehead atoms. The zero-order valence-corrected chi connectivity index (χ0v) is 21.8. The fourth-order valence-corrected chi connectivity index (χ4v) is 6.17. The Morgan fingerprint density at radius 1 is 0.842 bits per heavy atom. The van der Waals surface area contributed by atoms with Crippen molar-refractivity contribution in [2.45, 2.75) is 25.3 Å². The van der Waals surface area contributed by atoms with Gasteiger partial charge in [-0.25, -0.2) is 4.98 Å². The van der Waals surface area contributed by atoms with Crippen LogP contribution in [0.2, 0.25) is 0 Å². The summed E-state index contributed by atoms with van der Waals surface area (Å²) < 4.78 is 25.3. The van der Waals surface area contributed by atoms with E-state index in [0.29, 0.717) is 0 Å². The van der Waals surface area contributed by atoms with Crippen molar-refractivity contribution in [3.8, 4) is 34.3 Å². The van der Waals surface area contributed by atoms with Gasteiger partial charge < -0.3 is 28.5 Å². The second-order valence-corrected chi connectivity index (χ2v) is 9.62. The molecule has 0 spiro atoms. The molecule has 3 aliphatic heterocycles. The summed E-state index contributed by atoms with van der Waals surface area (Å²) in [4.78, 5) is 13.7. The van der Waals surface area contributed by atoms with Crippen LogP contribution in [0.25, 0.3) is 44.0 Å². The van der Waals surface area contributed by atoms with E-state index in [1.165, 1.54) is 5.69 Å². The molecule has 1 unspecified atom stereocenters. The van der Waals surface area contributed by atoms with Crippen molar-refractivity contribution in [1.82, 2.24) is 19.5 Å². The van der Waals surface area contributed by atoms with Gasteiger partial charge in [0.2, 0.25) is 0 Å². The lowest BCUT2D eigenvalue weighted by molar-refractivity contribution is 0.392. The van der Waals surface area contributed by atoms with Crippen LogP contribution in [0.1, 0.15) is 30.3 Å². The van der Waals surface area contributed by atoms with Gasteiger partial charge in [-0.2, -0.15) is 0 Å². The lowest BCUT2D eigenvalue weighted by Gasteiger charge is -2.31. The molecule has 8 nitrogen and oxygen atoms in total. The summed E-state index contributed by atoms with van der Waals surface area (Å²) in [5.74, 6) is 3.06. The second kappa shape index (κ2) is 8.55. The number of rotatable bonds is 5. The van der Waals surface area contributed by atoms with Crippen LogP contribution in [0.3, 0.4) is 0 Å². The van der Waals surface area contributed by atoms with Gasteiger partial charge in [-0.3, -0.25) is 4.98 Å². The molecule has 7 rings (SSSR count). The first-order valence-corrected chi connectivity index (χ1v) is 12.7. The number of nitrogens with one attached hydrogen (secondary N) is 1. The summed E-state index contributed by atoms with van der Waals surface area (Å²) in [6.07, 6.45) is 6.82. The number of para-hydroxylation sites is 2. The molecule has 5 heterocycles. The van der Waals surface area contributed by atoms with Crippen molar-refractivity contribution in [3.05, 3.63) is 60.2 Å². The summed E-state index contributed by atoms with van der Waals surface area (Å²) in [6.45, 7) is 0. The Morgan fingerprint density at radius 2 is 1.58 bits per heavy atom. The number of hydrogen-bond acceptors (Lipinski definition) is 6. The van der Waals surface area contributed by atoms with Gasteiger partial charge >= 0.3 is 0 Å². The van der Waals surface area contributed by atoms with E-state index in [1.807, 2.05) is 30.5 Å². The van der Waals surface area contributed by atoms with Crippen molar-refractivity contribution >= 4 is 32.7 Å². The number of hydrogen-bond donors (Lipinski definition) is 1. The van der Waals surface area contributed by atoms with Gasteiger partial charge in [-0.15, -0.1) is 0 Å². The highest BCUT2D eigenvalue weighted by Crippen LogP contribution is 2.47. The molecule has 1 atom stereocenters. The minimum atomic E-state index is -0.00813. The Kier molecular flexibility index (Phi) is 5.11. The average molecular weight is 509 g/mol. The van der Waals surface area contributed by atoms with Crippen LogP contribution < -0.4 is 18.9 Å². The van der Waals surface area contributed by atoms with Crippen molar-refractivity contribution < 1.29 is 18.9 Å². The van der Waals surface area contributed by atoms with Crippen molar-refractivity contribution in [1.29, 1.82) is 0 Å². The maximum atomic E-state index is 5.95. The van der Waals surface area contributed by atoms with Crippen molar-refractivity contribution in [3.63, 3.8) is 0 Å². The number of H-pyrrole nitrogens is 1.